The Balaban J connectivity index is 1.32. The normalized spacial score (nSPS) is 14.2. The minimum absolute atomic E-state index is 0.0135. The van der Waals surface area contributed by atoms with Crippen LogP contribution in [0.5, 0.6) is 0 Å². The predicted octanol–water partition coefficient (Wildman–Crippen LogP) is 3.51. The van der Waals surface area contributed by atoms with Gasteiger partial charge in [0.05, 0.1) is 6.54 Å². The standard InChI is InChI=1S/C22H24N4O3/c1-15(2)16-7-9-17(10-8-16)26-12-11-25(22(26)28)14-20(27)23-13-21-24-18-5-3-4-6-19(18)29-21/h3-10,15H,11-14H2,1-2H3,(H,23,27). The molecule has 0 radical (unpaired) electrons. The van der Waals surface area contributed by atoms with Gasteiger partial charge in [0.15, 0.2) is 5.58 Å². The van der Waals surface area contributed by atoms with Crippen LogP contribution < -0.4 is 10.2 Å². The number of amides is 3. The second-order valence-corrected chi connectivity index (χ2v) is 7.45. The van der Waals surface area contributed by atoms with Gasteiger partial charge in [0.2, 0.25) is 11.8 Å². The number of benzene rings is 2. The number of oxazole rings is 1. The van der Waals surface area contributed by atoms with E-state index in [-0.39, 0.29) is 25.0 Å². The van der Waals surface area contributed by atoms with Crippen LogP contribution in [0, 0.1) is 0 Å². The summed E-state index contributed by atoms with van der Waals surface area (Å²) in [6, 6.07) is 15.3. The van der Waals surface area contributed by atoms with E-state index in [4.69, 9.17) is 4.42 Å². The summed E-state index contributed by atoms with van der Waals surface area (Å²) in [5, 5.41) is 2.77. The molecule has 1 saturated heterocycles. The summed E-state index contributed by atoms with van der Waals surface area (Å²) in [5.74, 6) is 0.650. The van der Waals surface area contributed by atoms with Crippen LogP contribution in [0.4, 0.5) is 10.5 Å². The molecule has 1 aliphatic heterocycles. The van der Waals surface area contributed by atoms with Gasteiger partial charge in [-0.3, -0.25) is 9.69 Å². The third-order valence-electron chi connectivity index (χ3n) is 5.08. The quantitative estimate of drug-likeness (QED) is 0.696. The largest absolute Gasteiger partial charge is 0.439 e. The Morgan fingerprint density at radius 3 is 2.62 bits per heavy atom. The summed E-state index contributed by atoms with van der Waals surface area (Å²) in [6.45, 7) is 5.56. The Labute approximate surface area is 169 Å². The van der Waals surface area contributed by atoms with Crippen LogP contribution in [-0.2, 0) is 11.3 Å². The zero-order chi connectivity index (χ0) is 20.4. The summed E-state index contributed by atoms with van der Waals surface area (Å²) in [7, 11) is 0. The van der Waals surface area contributed by atoms with E-state index in [1.165, 1.54) is 5.56 Å². The number of anilines is 1. The van der Waals surface area contributed by atoms with E-state index in [1.54, 1.807) is 9.80 Å². The van der Waals surface area contributed by atoms with Gasteiger partial charge in [-0.1, -0.05) is 38.1 Å². The zero-order valence-corrected chi connectivity index (χ0v) is 16.6. The van der Waals surface area contributed by atoms with E-state index < -0.39 is 0 Å². The van der Waals surface area contributed by atoms with Gasteiger partial charge in [-0.25, -0.2) is 9.78 Å². The average molecular weight is 392 g/mol. The number of hydrogen-bond donors (Lipinski definition) is 1. The maximum Gasteiger partial charge on any atom is 0.325 e. The Morgan fingerprint density at radius 1 is 1.14 bits per heavy atom. The molecule has 3 amide bonds. The van der Waals surface area contributed by atoms with Crippen molar-refractivity contribution in [1.29, 1.82) is 0 Å². The number of nitrogens with one attached hydrogen (secondary N) is 1. The van der Waals surface area contributed by atoms with E-state index in [1.807, 2.05) is 48.5 Å². The molecule has 0 spiro atoms. The molecule has 7 heteroatoms. The number of carbonyl (C=O) groups excluding carboxylic acids is 2. The number of nitrogens with zero attached hydrogens (tertiary/aromatic N) is 3. The highest BCUT2D eigenvalue weighted by atomic mass is 16.3. The van der Waals surface area contributed by atoms with Gasteiger partial charge in [0.25, 0.3) is 0 Å². The summed E-state index contributed by atoms with van der Waals surface area (Å²) < 4.78 is 5.60. The highest BCUT2D eigenvalue weighted by molar-refractivity contribution is 5.96. The Hall–Kier alpha value is -3.35. The van der Waals surface area contributed by atoms with Gasteiger partial charge in [-0.05, 0) is 35.7 Å². The van der Waals surface area contributed by atoms with Crippen molar-refractivity contribution >= 4 is 28.7 Å². The van der Waals surface area contributed by atoms with Crippen LogP contribution in [-0.4, -0.2) is 41.5 Å². The monoisotopic (exact) mass is 392 g/mol. The fourth-order valence-corrected chi connectivity index (χ4v) is 3.41. The third-order valence-corrected chi connectivity index (χ3v) is 5.08. The lowest BCUT2D eigenvalue weighted by atomic mass is 10.0. The molecule has 0 bridgehead atoms. The molecule has 4 rings (SSSR count). The van der Waals surface area contributed by atoms with Crippen molar-refractivity contribution in [3.63, 3.8) is 0 Å². The molecule has 2 heterocycles. The van der Waals surface area contributed by atoms with Crippen molar-refractivity contribution in [1.82, 2.24) is 15.2 Å². The molecule has 3 aromatic rings. The van der Waals surface area contributed by atoms with Crippen molar-refractivity contribution in [2.24, 2.45) is 0 Å². The van der Waals surface area contributed by atoms with Crippen LogP contribution in [0.25, 0.3) is 11.1 Å². The maximum atomic E-state index is 12.7. The van der Waals surface area contributed by atoms with Crippen LogP contribution in [0.3, 0.4) is 0 Å². The van der Waals surface area contributed by atoms with E-state index in [0.717, 1.165) is 11.2 Å². The van der Waals surface area contributed by atoms with Crippen LogP contribution >= 0.6 is 0 Å². The van der Waals surface area contributed by atoms with Crippen molar-refractivity contribution in [3.05, 3.63) is 60.0 Å². The molecule has 29 heavy (non-hydrogen) atoms. The molecule has 1 N–H and O–H groups in total. The van der Waals surface area contributed by atoms with E-state index in [2.05, 4.69) is 24.1 Å². The van der Waals surface area contributed by atoms with Crippen LogP contribution in [0.2, 0.25) is 0 Å². The molecule has 150 valence electrons. The highest BCUT2D eigenvalue weighted by Crippen LogP contribution is 2.23. The minimum Gasteiger partial charge on any atom is -0.439 e. The summed E-state index contributed by atoms with van der Waals surface area (Å²) in [4.78, 5) is 32.6. The predicted molar refractivity (Wildman–Crippen MR) is 111 cm³/mol. The molecule has 0 aliphatic carbocycles. The minimum atomic E-state index is -0.238. The molecular formula is C22H24N4O3. The number of carbonyl (C=O) groups is 2. The van der Waals surface area contributed by atoms with Crippen molar-refractivity contribution < 1.29 is 14.0 Å². The first-order chi connectivity index (χ1) is 14.0. The highest BCUT2D eigenvalue weighted by Gasteiger charge is 2.30. The van der Waals surface area contributed by atoms with Crippen LogP contribution in [0.1, 0.15) is 31.2 Å². The summed E-state index contributed by atoms with van der Waals surface area (Å²) >= 11 is 0. The SMILES string of the molecule is CC(C)c1ccc(N2CCN(CC(=O)NCc3nc4ccccc4o3)C2=O)cc1. The number of fused-ring (bicyclic) bond motifs is 1. The number of rotatable bonds is 6. The van der Waals surface area contributed by atoms with E-state index in [9.17, 15) is 9.59 Å². The molecule has 0 atom stereocenters. The molecule has 2 aromatic carbocycles. The first-order valence-corrected chi connectivity index (χ1v) is 9.79. The van der Waals surface area contributed by atoms with Crippen molar-refractivity contribution in [3.8, 4) is 0 Å². The Kier molecular flexibility index (Phi) is 5.20. The zero-order valence-electron chi connectivity index (χ0n) is 16.6. The van der Waals surface area contributed by atoms with E-state index >= 15 is 0 Å². The first-order valence-electron chi connectivity index (χ1n) is 9.79. The van der Waals surface area contributed by atoms with Gasteiger partial charge in [0.1, 0.15) is 12.1 Å². The molecular weight excluding hydrogens is 368 g/mol. The van der Waals surface area contributed by atoms with Gasteiger partial charge >= 0.3 is 6.03 Å². The van der Waals surface area contributed by atoms with Crippen LogP contribution in [0.15, 0.2) is 52.9 Å². The van der Waals surface area contributed by atoms with E-state index in [0.29, 0.717) is 30.5 Å². The lowest BCUT2D eigenvalue weighted by Crippen LogP contribution is -2.39. The Bertz CT molecular complexity index is 993. The number of para-hydroxylation sites is 2. The second-order valence-electron chi connectivity index (χ2n) is 7.45. The lowest BCUT2D eigenvalue weighted by molar-refractivity contribution is -0.121. The first kappa shape index (κ1) is 19.0. The Morgan fingerprint density at radius 2 is 1.90 bits per heavy atom. The maximum absolute atomic E-state index is 12.7. The van der Waals surface area contributed by atoms with Crippen molar-refractivity contribution in [2.45, 2.75) is 26.3 Å². The smallest absolute Gasteiger partial charge is 0.325 e. The fourth-order valence-electron chi connectivity index (χ4n) is 3.41. The number of hydrogen-bond acceptors (Lipinski definition) is 4. The van der Waals surface area contributed by atoms with Gasteiger partial charge < -0.3 is 14.6 Å². The fraction of sp³-hybridized carbons (Fsp3) is 0.318. The topological polar surface area (TPSA) is 78.7 Å². The lowest BCUT2D eigenvalue weighted by Gasteiger charge is -2.19. The molecule has 7 nitrogen and oxygen atoms in total. The second kappa shape index (κ2) is 7.95. The molecule has 1 aliphatic rings. The van der Waals surface area contributed by atoms with Gasteiger partial charge in [-0.15, -0.1) is 0 Å². The molecule has 0 unspecified atom stereocenters. The summed E-state index contributed by atoms with van der Waals surface area (Å²) in [5.41, 5.74) is 3.53. The number of aromatic nitrogens is 1. The van der Waals surface area contributed by atoms with Crippen molar-refractivity contribution in [2.75, 3.05) is 24.5 Å². The average Bonchev–Trinajstić information content (AvgIpc) is 3.30. The third kappa shape index (κ3) is 4.08. The summed E-state index contributed by atoms with van der Waals surface area (Å²) in [6.07, 6.45) is 0. The number of urea groups is 1. The molecule has 1 aromatic heterocycles. The molecule has 1 fully saturated rings. The van der Waals surface area contributed by atoms with Gasteiger partial charge in [-0.2, -0.15) is 0 Å². The van der Waals surface area contributed by atoms with Gasteiger partial charge in [0, 0.05) is 18.8 Å². The molecule has 0 saturated carbocycles.